The molecule has 1 aliphatic rings. The van der Waals surface area contributed by atoms with Gasteiger partial charge < -0.3 is 10.2 Å². The molecule has 0 aliphatic carbocycles. The number of rotatable bonds is 3. The highest BCUT2D eigenvalue weighted by Gasteiger charge is 2.22. The molecule has 0 bridgehead atoms. The second-order valence-electron chi connectivity index (χ2n) is 4.60. The Morgan fingerprint density at radius 3 is 3.06 bits per heavy atom. The highest BCUT2D eigenvalue weighted by atomic mass is 79.9. The number of carbonyl (C=O) groups excluding carboxylic acids is 1. The van der Waals surface area contributed by atoms with Crippen LogP contribution in [-0.2, 0) is 11.3 Å². The van der Waals surface area contributed by atoms with E-state index in [1.54, 1.807) is 11.0 Å². The molecule has 1 atom stereocenters. The Morgan fingerprint density at radius 2 is 2.33 bits per heavy atom. The lowest BCUT2D eigenvalue weighted by Gasteiger charge is -2.30. The van der Waals surface area contributed by atoms with Crippen molar-refractivity contribution >= 4 is 21.8 Å². The average Bonchev–Trinajstić information content (AvgIpc) is 2.35. The molecule has 1 aliphatic heterocycles. The smallest absolute Gasteiger partial charge is 0.222 e. The number of halogens is 2. The highest BCUT2D eigenvalue weighted by molar-refractivity contribution is 9.10. The van der Waals surface area contributed by atoms with Crippen LogP contribution in [0.25, 0.3) is 0 Å². The van der Waals surface area contributed by atoms with Gasteiger partial charge in [-0.1, -0.05) is 12.1 Å². The van der Waals surface area contributed by atoms with E-state index >= 15 is 0 Å². The van der Waals surface area contributed by atoms with Crippen molar-refractivity contribution in [2.24, 2.45) is 0 Å². The van der Waals surface area contributed by atoms with Gasteiger partial charge in [-0.15, -0.1) is 0 Å². The normalized spacial score (nSPS) is 20.3. The van der Waals surface area contributed by atoms with Crippen LogP contribution in [0.2, 0.25) is 0 Å². The Hall–Kier alpha value is -0.940. The fourth-order valence-electron chi connectivity index (χ4n) is 2.12. The monoisotopic (exact) mass is 314 g/mol. The maximum atomic E-state index is 13.3. The molecule has 1 heterocycles. The van der Waals surface area contributed by atoms with Crippen LogP contribution < -0.4 is 5.32 Å². The summed E-state index contributed by atoms with van der Waals surface area (Å²) in [4.78, 5) is 13.1. The zero-order valence-corrected chi connectivity index (χ0v) is 11.8. The topological polar surface area (TPSA) is 32.3 Å². The Balaban J connectivity index is 1.92. The first-order chi connectivity index (χ1) is 8.58. The molecule has 2 rings (SSSR count). The van der Waals surface area contributed by atoms with E-state index in [9.17, 15) is 9.18 Å². The van der Waals surface area contributed by atoms with E-state index in [1.807, 2.05) is 13.1 Å². The van der Waals surface area contributed by atoms with Gasteiger partial charge in [-0.2, -0.15) is 0 Å². The van der Waals surface area contributed by atoms with Gasteiger partial charge in [0.2, 0.25) is 5.91 Å². The summed E-state index contributed by atoms with van der Waals surface area (Å²) >= 11 is 3.25. The van der Waals surface area contributed by atoms with Crippen molar-refractivity contribution < 1.29 is 9.18 Å². The van der Waals surface area contributed by atoms with Crippen LogP contribution in [0.1, 0.15) is 18.4 Å². The van der Waals surface area contributed by atoms with Crippen LogP contribution in [0.3, 0.4) is 0 Å². The van der Waals surface area contributed by atoms with Gasteiger partial charge in [-0.3, -0.25) is 4.79 Å². The van der Waals surface area contributed by atoms with Crippen molar-refractivity contribution in [2.45, 2.75) is 25.4 Å². The second-order valence-corrected chi connectivity index (χ2v) is 5.40. The molecule has 0 radical (unpaired) electrons. The maximum absolute atomic E-state index is 13.3. The summed E-state index contributed by atoms with van der Waals surface area (Å²) in [6.07, 6.45) is 1.43. The number of amides is 1. The summed E-state index contributed by atoms with van der Waals surface area (Å²) in [5.74, 6) is -0.0507. The molecule has 98 valence electrons. The van der Waals surface area contributed by atoms with Gasteiger partial charge in [-0.05, 0) is 34.0 Å². The SMILES string of the molecule is CN1CC(NCc2cccc(F)c2Br)CCC1=O. The molecule has 1 saturated heterocycles. The summed E-state index contributed by atoms with van der Waals surface area (Å²) in [7, 11) is 1.81. The summed E-state index contributed by atoms with van der Waals surface area (Å²) in [5, 5.41) is 3.37. The third-order valence-corrected chi connectivity index (χ3v) is 4.13. The predicted molar refractivity (Wildman–Crippen MR) is 71.6 cm³/mol. The van der Waals surface area contributed by atoms with Crippen LogP contribution in [0.15, 0.2) is 22.7 Å². The minimum atomic E-state index is -0.245. The first-order valence-corrected chi connectivity index (χ1v) is 6.77. The summed E-state index contributed by atoms with van der Waals surface area (Å²) in [5.41, 5.74) is 0.898. The average molecular weight is 315 g/mol. The molecule has 0 aromatic heterocycles. The molecular formula is C13H16BrFN2O. The summed E-state index contributed by atoms with van der Waals surface area (Å²) in [6, 6.07) is 5.30. The molecule has 0 saturated carbocycles. The molecule has 1 N–H and O–H groups in total. The standard InChI is InChI=1S/C13H16BrFN2O/c1-17-8-10(5-6-12(17)18)16-7-9-3-2-4-11(15)13(9)14/h2-4,10,16H,5-8H2,1H3. The number of likely N-dealkylation sites (N-methyl/N-ethyl adjacent to an activating group) is 1. The molecule has 1 unspecified atom stereocenters. The zero-order valence-electron chi connectivity index (χ0n) is 10.2. The van der Waals surface area contributed by atoms with E-state index in [1.165, 1.54) is 6.07 Å². The number of nitrogens with one attached hydrogen (secondary N) is 1. The van der Waals surface area contributed by atoms with Crippen LogP contribution >= 0.6 is 15.9 Å². The van der Waals surface area contributed by atoms with Crippen molar-refractivity contribution in [3.63, 3.8) is 0 Å². The van der Waals surface area contributed by atoms with E-state index < -0.39 is 0 Å². The zero-order chi connectivity index (χ0) is 13.1. The molecule has 1 fully saturated rings. The second kappa shape index (κ2) is 5.80. The fraction of sp³-hybridized carbons (Fsp3) is 0.462. The van der Waals surface area contributed by atoms with Gasteiger partial charge in [-0.25, -0.2) is 4.39 Å². The highest BCUT2D eigenvalue weighted by Crippen LogP contribution is 2.20. The van der Waals surface area contributed by atoms with Gasteiger partial charge in [0.15, 0.2) is 0 Å². The Labute approximate surface area is 114 Å². The van der Waals surface area contributed by atoms with Crippen molar-refractivity contribution in [3.8, 4) is 0 Å². The van der Waals surface area contributed by atoms with E-state index in [-0.39, 0.29) is 17.8 Å². The van der Waals surface area contributed by atoms with Crippen molar-refractivity contribution in [2.75, 3.05) is 13.6 Å². The fourth-order valence-corrected chi connectivity index (χ4v) is 2.52. The molecular weight excluding hydrogens is 299 g/mol. The van der Waals surface area contributed by atoms with E-state index in [4.69, 9.17) is 0 Å². The van der Waals surface area contributed by atoms with Gasteiger partial charge in [0.1, 0.15) is 5.82 Å². The lowest BCUT2D eigenvalue weighted by Crippen LogP contribution is -2.46. The van der Waals surface area contributed by atoms with E-state index in [0.717, 1.165) is 12.0 Å². The minimum Gasteiger partial charge on any atom is -0.344 e. The number of hydrogen-bond acceptors (Lipinski definition) is 2. The quantitative estimate of drug-likeness (QED) is 0.928. The molecule has 1 aromatic carbocycles. The van der Waals surface area contributed by atoms with Crippen molar-refractivity contribution in [1.82, 2.24) is 10.2 Å². The number of piperidine rings is 1. The number of likely N-dealkylation sites (tertiary alicyclic amines) is 1. The number of nitrogens with zero attached hydrogens (tertiary/aromatic N) is 1. The Morgan fingerprint density at radius 1 is 1.56 bits per heavy atom. The molecule has 3 nitrogen and oxygen atoms in total. The Bertz CT molecular complexity index is 453. The largest absolute Gasteiger partial charge is 0.344 e. The summed E-state index contributed by atoms with van der Waals surface area (Å²) in [6.45, 7) is 1.32. The number of carbonyl (C=O) groups is 1. The van der Waals surface area contributed by atoms with Crippen LogP contribution in [0.4, 0.5) is 4.39 Å². The lowest BCUT2D eigenvalue weighted by atomic mass is 10.1. The van der Waals surface area contributed by atoms with Crippen LogP contribution in [0.5, 0.6) is 0 Å². The Kier molecular flexibility index (Phi) is 4.35. The van der Waals surface area contributed by atoms with E-state index in [0.29, 0.717) is 24.0 Å². The first kappa shape index (κ1) is 13.5. The molecule has 0 spiro atoms. The van der Waals surface area contributed by atoms with Crippen molar-refractivity contribution in [3.05, 3.63) is 34.1 Å². The molecule has 1 aromatic rings. The van der Waals surface area contributed by atoms with Gasteiger partial charge in [0.25, 0.3) is 0 Å². The lowest BCUT2D eigenvalue weighted by molar-refractivity contribution is -0.132. The first-order valence-electron chi connectivity index (χ1n) is 5.98. The molecule has 1 amide bonds. The number of hydrogen-bond donors (Lipinski definition) is 1. The van der Waals surface area contributed by atoms with Gasteiger partial charge >= 0.3 is 0 Å². The van der Waals surface area contributed by atoms with Gasteiger partial charge in [0.05, 0.1) is 4.47 Å². The third kappa shape index (κ3) is 3.09. The minimum absolute atomic E-state index is 0.194. The van der Waals surface area contributed by atoms with Crippen LogP contribution in [0, 0.1) is 5.82 Å². The third-order valence-electron chi connectivity index (χ3n) is 3.24. The molecule has 5 heteroatoms. The maximum Gasteiger partial charge on any atom is 0.222 e. The van der Waals surface area contributed by atoms with Crippen molar-refractivity contribution in [1.29, 1.82) is 0 Å². The van der Waals surface area contributed by atoms with Gasteiger partial charge in [0, 0.05) is 32.6 Å². The molecule has 18 heavy (non-hydrogen) atoms. The van der Waals surface area contributed by atoms with E-state index in [2.05, 4.69) is 21.2 Å². The van der Waals surface area contributed by atoms with Crippen LogP contribution in [-0.4, -0.2) is 30.4 Å². The predicted octanol–water partition coefficient (Wildman–Crippen LogP) is 2.30. The number of benzene rings is 1. The summed E-state index contributed by atoms with van der Waals surface area (Å²) < 4.78 is 13.8.